The number of ether oxygens (including phenoxy) is 2. The Balaban J connectivity index is 1.89. The van der Waals surface area contributed by atoms with E-state index >= 15 is 0 Å². The summed E-state index contributed by atoms with van der Waals surface area (Å²) in [5.74, 6) is -3.23. The minimum absolute atomic E-state index is 0.0561. The van der Waals surface area contributed by atoms with E-state index in [9.17, 15) is 24.5 Å². The van der Waals surface area contributed by atoms with Crippen LogP contribution in [0.4, 0.5) is 11.4 Å². The van der Waals surface area contributed by atoms with Crippen molar-refractivity contribution in [1.82, 2.24) is 0 Å². The third kappa shape index (κ3) is 6.90. The predicted octanol–water partition coefficient (Wildman–Crippen LogP) is 4.74. The summed E-state index contributed by atoms with van der Waals surface area (Å²) in [6.07, 6.45) is 0.0154. The minimum atomic E-state index is -0.952. The molecule has 3 rings (SSSR count). The topological polar surface area (TPSA) is 137 Å². The van der Waals surface area contributed by atoms with Gasteiger partial charge >= 0.3 is 11.9 Å². The number of hydrogen-bond donors (Lipinski definition) is 1. The number of non-ortho nitro benzene ring substituents is 1. The summed E-state index contributed by atoms with van der Waals surface area (Å²) in [6, 6.07) is 13.0. The molecule has 0 aliphatic carbocycles. The van der Waals surface area contributed by atoms with Crippen molar-refractivity contribution in [3.8, 4) is 0 Å². The Labute approximate surface area is 220 Å². The van der Waals surface area contributed by atoms with Crippen LogP contribution in [0, 0.1) is 16.0 Å². The molecule has 38 heavy (non-hydrogen) atoms. The molecule has 200 valence electrons. The fraction of sp³-hybridized carbons (Fsp3) is 0.357. The van der Waals surface area contributed by atoms with Crippen LogP contribution in [0.2, 0.25) is 0 Å². The molecule has 0 spiro atoms. The predicted molar refractivity (Wildman–Crippen MR) is 142 cm³/mol. The lowest BCUT2D eigenvalue weighted by atomic mass is 9.75. The first kappa shape index (κ1) is 28.2. The quantitative estimate of drug-likeness (QED) is 0.286. The minimum Gasteiger partial charge on any atom is -0.462 e. The second kappa shape index (κ2) is 12.3. The van der Waals surface area contributed by atoms with E-state index in [1.165, 1.54) is 25.1 Å². The van der Waals surface area contributed by atoms with E-state index in [0.717, 1.165) is 5.56 Å². The zero-order chi connectivity index (χ0) is 28.0. The number of rotatable bonds is 9. The van der Waals surface area contributed by atoms with Gasteiger partial charge in [0, 0.05) is 48.5 Å². The fourth-order valence-electron chi connectivity index (χ4n) is 4.40. The van der Waals surface area contributed by atoms with Crippen molar-refractivity contribution < 1.29 is 28.8 Å². The monoisotopic (exact) mass is 521 g/mol. The highest BCUT2D eigenvalue weighted by Gasteiger charge is 2.43. The molecule has 0 saturated heterocycles. The van der Waals surface area contributed by atoms with Gasteiger partial charge in [-0.25, -0.2) is 4.79 Å². The maximum Gasteiger partial charge on any atom is 0.336 e. The lowest BCUT2D eigenvalue weighted by Gasteiger charge is -2.32. The number of amides is 1. The molecule has 2 aromatic carbocycles. The molecule has 0 fully saturated rings. The maximum atomic E-state index is 13.4. The van der Waals surface area contributed by atoms with Gasteiger partial charge in [0.15, 0.2) is 0 Å². The van der Waals surface area contributed by atoms with Crippen molar-refractivity contribution in [2.45, 2.75) is 53.1 Å². The summed E-state index contributed by atoms with van der Waals surface area (Å²) in [5.41, 5.74) is 2.78. The number of aliphatic imine (C=N–C) groups is 1. The Morgan fingerprint density at radius 1 is 1.11 bits per heavy atom. The van der Waals surface area contributed by atoms with Crippen LogP contribution in [-0.2, 0) is 30.3 Å². The molecule has 1 heterocycles. The largest absolute Gasteiger partial charge is 0.462 e. The highest BCUT2D eigenvalue weighted by molar-refractivity contribution is 6.07. The average Bonchev–Trinajstić information content (AvgIpc) is 2.83. The summed E-state index contributed by atoms with van der Waals surface area (Å²) in [4.78, 5) is 53.1. The molecule has 1 amide bonds. The van der Waals surface area contributed by atoms with Gasteiger partial charge in [-0.2, -0.15) is 0 Å². The molecule has 0 saturated carbocycles. The number of benzene rings is 2. The summed E-state index contributed by atoms with van der Waals surface area (Å²) >= 11 is 0. The Morgan fingerprint density at radius 2 is 1.79 bits per heavy atom. The Hall–Kier alpha value is -4.34. The zero-order valence-electron chi connectivity index (χ0n) is 22.0. The number of esters is 2. The summed E-state index contributed by atoms with van der Waals surface area (Å²) < 4.78 is 11.1. The molecule has 1 N–H and O–H groups in total. The number of nitro groups is 1. The molecule has 0 radical (unpaired) electrons. The van der Waals surface area contributed by atoms with Crippen molar-refractivity contribution in [2.75, 3.05) is 11.9 Å². The first-order valence-corrected chi connectivity index (χ1v) is 12.2. The second-order valence-electron chi connectivity index (χ2n) is 9.31. The van der Waals surface area contributed by atoms with Crippen molar-refractivity contribution in [1.29, 1.82) is 0 Å². The molecule has 1 aliphatic heterocycles. The Morgan fingerprint density at radius 3 is 2.39 bits per heavy atom. The van der Waals surface area contributed by atoms with E-state index < -0.39 is 34.8 Å². The molecule has 1 aliphatic rings. The lowest BCUT2D eigenvalue weighted by molar-refractivity contribution is -0.384. The third-order valence-electron chi connectivity index (χ3n) is 5.99. The van der Waals surface area contributed by atoms with Crippen molar-refractivity contribution >= 4 is 34.9 Å². The Bertz CT molecular complexity index is 1300. The van der Waals surface area contributed by atoms with Crippen LogP contribution >= 0.6 is 0 Å². The van der Waals surface area contributed by atoms with Crippen LogP contribution in [0.3, 0.4) is 0 Å². The number of allylic oxidation sites excluding steroid dienone is 1. The van der Waals surface area contributed by atoms with Gasteiger partial charge in [-0.05, 0) is 51.0 Å². The maximum absolute atomic E-state index is 13.4. The fourth-order valence-corrected chi connectivity index (χ4v) is 4.40. The van der Waals surface area contributed by atoms with E-state index in [1.54, 1.807) is 45.9 Å². The number of anilines is 1. The van der Waals surface area contributed by atoms with E-state index in [-0.39, 0.29) is 23.8 Å². The smallest absolute Gasteiger partial charge is 0.336 e. The highest BCUT2D eigenvalue weighted by atomic mass is 16.6. The SMILES string of the molecule is CC(=O)Nc1ccc(CCOC(=O)C2=C(C)N=C(C)C(C(=O)OC(C)C)C2c2cccc([N+](=O)[O-])c2)cc1. The van der Waals surface area contributed by atoms with Gasteiger partial charge in [0.05, 0.1) is 23.2 Å². The van der Waals surface area contributed by atoms with Crippen molar-refractivity contribution in [2.24, 2.45) is 10.9 Å². The average molecular weight is 522 g/mol. The molecular formula is C28H31N3O7. The van der Waals surface area contributed by atoms with Crippen LogP contribution in [0.5, 0.6) is 0 Å². The van der Waals surface area contributed by atoms with Gasteiger partial charge in [-0.15, -0.1) is 0 Å². The van der Waals surface area contributed by atoms with Gasteiger partial charge in [0.1, 0.15) is 5.92 Å². The number of hydrogen-bond acceptors (Lipinski definition) is 8. The molecule has 10 nitrogen and oxygen atoms in total. The first-order chi connectivity index (χ1) is 18.0. The number of nitrogens with one attached hydrogen (secondary N) is 1. The van der Waals surface area contributed by atoms with Crippen molar-refractivity contribution in [3.05, 3.63) is 81.0 Å². The van der Waals surface area contributed by atoms with Gasteiger partial charge < -0.3 is 14.8 Å². The second-order valence-corrected chi connectivity index (χ2v) is 9.31. The van der Waals surface area contributed by atoms with E-state index in [1.807, 2.05) is 12.1 Å². The normalized spacial score (nSPS) is 17.1. The zero-order valence-corrected chi connectivity index (χ0v) is 22.0. The standard InChI is InChI=1S/C28H31N3O7/c1-16(2)38-28(34)25-18(4)29-17(3)24(26(25)21-7-6-8-23(15-21)31(35)36)27(33)37-14-13-20-9-11-22(12-10-20)30-19(5)32/h6-12,15-16,25-26H,13-14H2,1-5H3,(H,30,32). The summed E-state index contributed by atoms with van der Waals surface area (Å²) in [7, 11) is 0. The van der Waals surface area contributed by atoms with Gasteiger partial charge in [-0.3, -0.25) is 24.7 Å². The lowest BCUT2D eigenvalue weighted by Crippen LogP contribution is -2.37. The first-order valence-electron chi connectivity index (χ1n) is 12.2. The van der Waals surface area contributed by atoms with Gasteiger partial charge in [0.2, 0.25) is 5.91 Å². The van der Waals surface area contributed by atoms with E-state index in [4.69, 9.17) is 9.47 Å². The molecule has 2 atom stereocenters. The number of carbonyl (C=O) groups excluding carboxylic acids is 3. The molecule has 10 heteroatoms. The van der Waals surface area contributed by atoms with Crippen LogP contribution in [-0.4, -0.2) is 41.2 Å². The van der Waals surface area contributed by atoms with E-state index in [2.05, 4.69) is 10.3 Å². The number of carbonyl (C=O) groups is 3. The molecule has 2 unspecified atom stereocenters. The molecule has 2 aromatic rings. The summed E-state index contributed by atoms with van der Waals surface area (Å²) in [5, 5.41) is 14.1. The van der Waals surface area contributed by atoms with Crippen LogP contribution in [0.1, 0.15) is 51.7 Å². The van der Waals surface area contributed by atoms with Gasteiger partial charge in [-0.1, -0.05) is 24.3 Å². The Kier molecular flexibility index (Phi) is 9.11. The third-order valence-corrected chi connectivity index (χ3v) is 5.99. The van der Waals surface area contributed by atoms with E-state index in [0.29, 0.717) is 29.1 Å². The van der Waals surface area contributed by atoms with Gasteiger partial charge in [0.25, 0.3) is 5.69 Å². The molecule has 0 bridgehead atoms. The summed E-state index contributed by atoms with van der Waals surface area (Å²) in [6.45, 7) is 8.24. The van der Waals surface area contributed by atoms with Crippen LogP contribution < -0.4 is 5.32 Å². The number of nitro benzene ring substituents is 1. The van der Waals surface area contributed by atoms with Crippen LogP contribution in [0.25, 0.3) is 0 Å². The highest BCUT2D eigenvalue weighted by Crippen LogP contribution is 2.41. The van der Waals surface area contributed by atoms with Crippen molar-refractivity contribution in [3.63, 3.8) is 0 Å². The molecule has 0 aromatic heterocycles. The molecular weight excluding hydrogens is 490 g/mol. The van der Waals surface area contributed by atoms with Crippen LogP contribution in [0.15, 0.2) is 64.8 Å². The number of nitrogens with zero attached hydrogens (tertiary/aromatic N) is 2.